The normalized spacial score (nSPS) is 24.6. The summed E-state index contributed by atoms with van der Waals surface area (Å²) in [7, 11) is -4.94. The number of aromatic nitrogens is 4. The van der Waals surface area contributed by atoms with Crippen LogP contribution in [-0.4, -0.2) is 57.7 Å². The maximum absolute atomic E-state index is 11.0. The van der Waals surface area contributed by atoms with E-state index in [4.69, 9.17) is 52.5 Å². The van der Waals surface area contributed by atoms with Gasteiger partial charge in [0.25, 0.3) is 0 Å². The van der Waals surface area contributed by atoms with Crippen LogP contribution in [0.25, 0.3) is 0 Å². The number of nitrogens with zero attached hydrogens (tertiary/aromatic N) is 1. The topological polar surface area (TPSA) is 216 Å². The van der Waals surface area contributed by atoms with Crippen LogP contribution >= 0.6 is 29.1 Å². The molecule has 21 heteroatoms. The first-order valence-corrected chi connectivity index (χ1v) is 42.4. The summed E-state index contributed by atoms with van der Waals surface area (Å²) in [5.74, 6) is 2.70. The summed E-state index contributed by atoms with van der Waals surface area (Å²) in [6.07, 6.45) is 49.8. The molecule has 4 N–H and O–H groups in total. The third-order valence-corrected chi connectivity index (χ3v) is 18.3. The van der Waals surface area contributed by atoms with Crippen LogP contribution in [0.5, 0.6) is 0 Å². The number of halogens is 4. The zero-order valence-corrected chi connectivity index (χ0v) is 57.0. The Hall–Kier alpha value is -0.0410. The van der Waals surface area contributed by atoms with Crippen molar-refractivity contribution in [2.45, 2.75) is 224 Å². The van der Waals surface area contributed by atoms with Crippen LogP contribution in [0.15, 0.2) is 98.4 Å². The van der Waals surface area contributed by atoms with Crippen molar-refractivity contribution >= 4 is 49.6 Å². The molecule has 2 heterocycles. The minimum Gasteiger partial charge on any atom is -1.00 e. The number of aliphatic hydroxyl groups excluding tert-OH is 1. The number of ketones is 1. The van der Waals surface area contributed by atoms with Gasteiger partial charge in [-0.1, -0.05) is 56.7 Å². The van der Waals surface area contributed by atoms with Gasteiger partial charge >= 0.3 is 96.0 Å². The molecule has 0 saturated heterocycles. The molecule has 3 radical (unpaired) electrons. The van der Waals surface area contributed by atoms with Crippen molar-refractivity contribution in [3.63, 3.8) is 0 Å². The Labute approximate surface area is 548 Å². The fourth-order valence-corrected chi connectivity index (χ4v) is 14.9. The van der Waals surface area contributed by atoms with Gasteiger partial charge in [0, 0.05) is 45.0 Å². The predicted octanol–water partition coefficient (Wildman–Crippen LogP) is 6.11. The number of aldehydes is 1. The monoisotopic (exact) mass is 1340 g/mol. The van der Waals surface area contributed by atoms with Crippen LogP contribution in [0.1, 0.15) is 212 Å². The molecule has 0 bridgehead atoms. The quantitative estimate of drug-likeness (QED) is 0.0783. The fraction of sp³-hybridized carbons (Fsp3) is 0.633. The molecule has 2 aromatic heterocycles. The van der Waals surface area contributed by atoms with Crippen molar-refractivity contribution < 1.29 is 129 Å². The van der Waals surface area contributed by atoms with Crippen LogP contribution < -0.4 is 67.1 Å². The molecular formula is C60H83BCeCl4LiN4NaO8S. The van der Waals surface area contributed by atoms with E-state index < -0.39 is 40.9 Å². The second-order valence-electron chi connectivity index (χ2n) is 22.6. The Morgan fingerprint density at radius 2 is 1.10 bits per heavy atom. The van der Waals surface area contributed by atoms with E-state index in [1.165, 1.54) is 201 Å². The molecule has 0 spiro atoms. The number of hydrogen-bond acceptors (Lipinski definition) is 10. The first-order valence-electron chi connectivity index (χ1n) is 28.9. The summed E-state index contributed by atoms with van der Waals surface area (Å²) in [6.45, 7) is 3.59. The number of aromatic amines is 3. The Bertz CT molecular complexity index is 2570. The van der Waals surface area contributed by atoms with Crippen molar-refractivity contribution in [1.82, 2.24) is 19.9 Å². The van der Waals surface area contributed by atoms with Crippen molar-refractivity contribution in [3.8, 4) is 0 Å². The molecular weight excluding hydrogens is 1260 g/mol. The van der Waals surface area contributed by atoms with Crippen LogP contribution in [-0.2, 0) is 27.2 Å². The molecule has 0 aromatic carbocycles. The third-order valence-electron chi connectivity index (χ3n) is 18.1. The number of H-pyrrole nitrogens is 3. The van der Waals surface area contributed by atoms with Crippen molar-refractivity contribution in [3.05, 3.63) is 115 Å². The van der Waals surface area contributed by atoms with E-state index in [0.29, 0.717) is 17.8 Å². The third kappa shape index (κ3) is 23.4. The van der Waals surface area contributed by atoms with E-state index in [1.54, 1.807) is 62.7 Å². The smallest absolute Gasteiger partial charge is 1.00 e. The van der Waals surface area contributed by atoms with Gasteiger partial charge in [0.05, 0.1) is 18.7 Å². The fourth-order valence-electron chi connectivity index (χ4n) is 14.7. The number of imidazole rings is 2. The number of rotatable bonds is 8. The van der Waals surface area contributed by atoms with Gasteiger partial charge in [0.2, 0.25) is 0 Å². The first kappa shape index (κ1) is 73.4. The Balaban J connectivity index is 0.000000250. The second kappa shape index (κ2) is 37.7. The summed E-state index contributed by atoms with van der Waals surface area (Å²) in [4.78, 5) is 34.9. The van der Waals surface area contributed by atoms with Gasteiger partial charge in [-0.3, -0.25) is 4.79 Å². The molecule has 0 fully saturated rings. The summed E-state index contributed by atoms with van der Waals surface area (Å²) in [6, 6.07) is 0. The average Bonchev–Trinajstić information content (AvgIpc) is 4.33. The van der Waals surface area contributed by atoms with E-state index in [1.807, 2.05) is 12.4 Å². The van der Waals surface area contributed by atoms with Gasteiger partial charge in [-0.15, -0.1) is 10.2 Å². The number of ether oxygens (including phenoxy) is 1. The molecule has 0 saturated carbocycles. The Morgan fingerprint density at radius 1 is 0.654 bits per heavy atom. The van der Waals surface area contributed by atoms with E-state index in [0.717, 1.165) is 61.4 Å². The molecule has 81 heavy (non-hydrogen) atoms. The van der Waals surface area contributed by atoms with Crippen molar-refractivity contribution in [1.29, 1.82) is 0 Å². The number of aliphatic hydroxyl groups is 1. The number of allylic oxidation sites excluding steroid dienone is 10. The number of carbonyl (C=O) groups excluding carboxylic acids is 2. The summed E-state index contributed by atoms with van der Waals surface area (Å²) in [5.41, 5.74) is 37.0. The van der Waals surface area contributed by atoms with Crippen molar-refractivity contribution in [2.24, 2.45) is 17.8 Å². The van der Waals surface area contributed by atoms with Crippen LogP contribution in [0.4, 0.5) is 0 Å². The van der Waals surface area contributed by atoms with Crippen LogP contribution in [0.3, 0.4) is 0 Å². The number of nitrogens with one attached hydrogen (secondary N) is 3. The van der Waals surface area contributed by atoms with Gasteiger partial charge < -0.3 is 31.0 Å². The zero-order chi connectivity index (χ0) is 55.6. The van der Waals surface area contributed by atoms with Gasteiger partial charge in [-0.2, -0.15) is 0 Å². The van der Waals surface area contributed by atoms with E-state index in [-0.39, 0.29) is 64.4 Å². The maximum atomic E-state index is 11.0. The number of hydrogen-bond donors (Lipinski definition) is 4. The molecule has 2 aromatic rings. The van der Waals surface area contributed by atoms with Gasteiger partial charge in [0.1, 0.15) is 12.4 Å². The minimum absolute atomic E-state index is 0. The van der Waals surface area contributed by atoms with E-state index in [2.05, 4.69) is 26.5 Å². The molecule has 12 aliphatic carbocycles. The molecule has 5 unspecified atom stereocenters. The molecule has 0 aliphatic heterocycles. The summed E-state index contributed by atoms with van der Waals surface area (Å²) < 4.78 is 40.1. The summed E-state index contributed by atoms with van der Waals surface area (Å²) in [5, 5.41) is 9.34. The maximum Gasteiger partial charge on any atom is 1.00 e. The second-order valence-corrected chi connectivity index (χ2v) is 37.6. The molecule has 434 valence electrons. The predicted molar refractivity (Wildman–Crippen MR) is 304 cm³/mol. The molecule has 5 atom stereocenters. The van der Waals surface area contributed by atoms with E-state index >= 15 is 0 Å². The van der Waals surface area contributed by atoms with Gasteiger partial charge in [-0.05, 0) is 246 Å². The van der Waals surface area contributed by atoms with E-state index in [9.17, 15) is 14.7 Å². The molecule has 12 nitrogen and oxygen atoms in total. The average molecular weight is 1340 g/mol. The number of carbonyl (C=O) groups is 2. The molecule has 0 amide bonds. The minimum atomic E-state index is -4.94. The SMILES string of the molecule is C=COC1CCC2=C1CCC2.O=C1CCC2=C1CCC2.O=CCC1CCC2=C1CCC2.OC1CCC2=C1CCC2.S=c1[nH]cc(CC2CCC3=C2CCC3)[nH]1.[B].[Cl][Ce]([Cl])[Cl].[H-].[Li+].[Na+].[O-][Cl+3]([O-])([O-])[O-].c1ncc(CC2CCC3=C2CCC3)[nH]1. The van der Waals surface area contributed by atoms with Gasteiger partial charge in [-0.25, -0.2) is 23.6 Å². The largest absolute Gasteiger partial charge is 1.00 e. The standard InChI is InChI=1S/C12H16N2S.C12H16N2.2C10H14O.C8H12O.C8H10O.B.Ce.ClHO4.3ClH.Li.Na.H/c15-12-13-7-10(14-12)6-9-5-4-8-2-1-3-11(8)9;1-2-9-4-5-10(12(9)3-1)6-11-7-13-8-14-11;1-2-11-10-7-6-8-4-3-5-9(8)10;11-7-6-9-5-4-8-2-1-3-10(8)9;2*9-8-5-4-6-2-1-3-7(6)8;;;2-1(3,4)5;;;;;;/h7,9H,1-6H2,(H2,13,14,15);7-8,10H,1-6H2,(H,13,14);2,10H,1,3-7H2;7,9H,1-6H2;8-9H,1-5H2;1-5H2;;;(H,2,3,4,5);3*1H;;;/q;;;;;;;+3;;;;;2*+1;-1/p-4. The first-order chi connectivity index (χ1) is 37.6. The van der Waals surface area contributed by atoms with Crippen molar-refractivity contribution in [2.75, 3.05) is 0 Å². The molecule has 12 aliphatic rings. The number of Topliss-reactive ketones (excluding diaryl/α,β-unsaturated/α-hetero) is 1. The Kier molecular flexibility index (Phi) is 34.2. The van der Waals surface area contributed by atoms with Crippen LogP contribution in [0.2, 0.25) is 0 Å². The van der Waals surface area contributed by atoms with Crippen LogP contribution in [0, 0.1) is 63.4 Å². The van der Waals surface area contributed by atoms with Gasteiger partial charge in [0.15, 0.2) is 10.6 Å². The molecule has 14 rings (SSSR count). The summed E-state index contributed by atoms with van der Waals surface area (Å²) >= 11 is 2.80. The Morgan fingerprint density at radius 3 is 1.58 bits per heavy atom. The zero-order valence-electron chi connectivity index (χ0n) is 49.1.